The van der Waals surface area contributed by atoms with Crippen LogP contribution in [-0.2, 0) is 14.8 Å². The van der Waals surface area contributed by atoms with Crippen LogP contribution in [0.2, 0.25) is 0 Å². The lowest BCUT2D eigenvalue weighted by Gasteiger charge is -2.18. The Morgan fingerprint density at radius 3 is 2.23 bits per heavy atom. The largest absolute Gasteiger partial charge is 0.494 e. The second-order valence-corrected chi connectivity index (χ2v) is 9.34. The van der Waals surface area contributed by atoms with E-state index in [1.165, 1.54) is 22.7 Å². The number of nitrogens with one attached hydrogen (secondary N) is 1. The number of carbonyl (C=O) groups is 1. The summed E-state index contributed by atoms with van der Waals surface area (Å²) >= 11 is 1.17. The van der Waals surface area contributed by atoms with E-state index in [9.17, 15) is 13.2 Å². The number of rotatable bonds is 9. The lowest BCUT2D eigenvalue weighted by Crippen LogP contribution is -2.25. The highest BCUT2D eigenvalue weighted by Gasteiger charge is 2.22. The molecule has 0 bridgehead atoms. The van der Waals surface area contributed by atoms with Gasteiger partial charge in [0, 0.05) is 12.7 Å². The summed E-state index contributed by atoms with van der Waals surface area (Å²) in [5, 5.41) is 4.46. The van der Waals surface area contributed by atoms with Gasteiger partial charge in [-0.25, -0.2) is 8.42 Å². The van der Waals surface area contributed by atoms with Gasteiger partial charge in [-0.05, 0) is 66.9 Å². The molecule has 0 saturated heterocycles. The van der Waals surface area contributed by atoms with Gasteiger partial charge in [-0.15, -0.1) is 11.3 Å². The molecule has 3 aromatic rings. The van der Waals surface area contributed by atoms with Crippen molar-refractivity contribution in [2.45, 2.75) is 11.1 Å². The molecule has 0 radical (unpaired) electrons. The number of carbonyl (C=O) groups excluding carboxylic acids is 1. The third-order valence-electron chi connectivity index (χ3n) is 4.13. The fourth-order valence-corrected chi connectivity index (χ4v) is 4.94. The smallest absolute Gasteiger partial charge is 0.273 e. The van der Waals surface area contributed by atoms with E-state index in [0.29, 0.717) is 23.7 Å². The zero-order chi connectivity index (χ0) is 21.6. The van der Waals surface area contributed by atoms with Crippen LogP contribution in [0, 0.1) is 0 Å². The summed E-state index contributed by atoms with van der Waals surface area (Å²) in [6, 6.07) is 16.8. The van der Waals surface area contributed by atoms with E-state index in [0.717, 1.165) is 5.75 Å². The van der Waals surface area contributed by atoms with Gasteiger partial charge < -0.3 is 14.8 Å². The number of hydrogen-bond donors (Lipinski definition) is 1. The zero-order valence-corrected chi connectivity index (χ0v) is 18.2. The molecule has 0 aliphatic rings. The van der Waals surface area contributed by atoms with Crippen molar-refractivity contribution >= 4 is 38.6 Å². The topological polar surface area (TPSA) is 84.9 Å². The minimum atomic E-state index is -3.59. The highest BCUT2D eigenvalue weighted by atomic mass is 32.2. The van der Waals surface area contributed by atoms with Gasteiger partial charge in [-0.3, -0.25) is 9.10 Å². The van der Waals surface area contributed by atoms with E-state index < -0.39 is 10.0 Å². The van der Waals surface area contributed by atoms with Crippen LogP contribution < -0.4 is 19.1 Å². The second-order valence-electron chi connectivity index (χ2n) is 6.19. The predicted octanol–water partition coefficient (Wildman–Crippen LogP) is 3.99. The summed E-state index contributed by atoms with van der Waals surface area (Å²) in [5.41, 5.74) is 1.14. The van der Waals surface area contributed by atoms with E-state index in [1.807, 2.05) is 6.92 Å². The van der Waals surface area contributed by atoms with Gasteiger partial charge in [-0.2, -0.15) is 0 Å². The third kappa shape index (κ3) is 5.31. The molecule has 0 spiro atoms. The number of thiophene rings is 1. The molecule has 0 atom stereocenters. The summed E-state index contributed by atoms with van der Waals surface area (Å²) in [7, 11) is -2.10. The summed E-state index contributed by atoms with van der Waals surface area (Å²) in [6.07, 6.45) is 0. The first-order valence-corrected chi connectivity index (χ1v) is 11.5. The molecule has 0 unspecified atom stereocenters. The van der Waals surface area contributed by atoms with Crippen LogP contribution in [0.4, 0.5) is 11.4 Å². The first-order valence-electron chi connectivity index (χ1n) is 9.18. The van der Waals surface area contributed by atoms with E-state index >= 15 is 0 Å². The number of nitrogens with zero attached hydrogens (tertiary/aromatic N) is 1. The highest BCUT2D eigenvalue weighted by Crippen LogP contribution is 2.26. The van der Waals surface area contributed by atoms with E-state index in [2.05, 4.69) is 5.32 Å². The van der Waals surface area contributed by atoms with Crippen molar-refractivity contribution < 1.29 is 22.7 Å². The first-order chi connectivity index (χ1) is 14.4. The van der Waals surface area contributed by atoms with Gasteiger partial charge in [0.1, 0.15) is 15.7 Å². The molecule has 7 nitrogen and oxygen atoms in total. The van der Waals surface area contributed by atoms with Gasteiger partial charge in [0.25, 0.3) is 15.9 Å². The van der Waals surface area contributed by atoms with Crippen LogP contribution in [0.25, 0.3) is 0 Å². The van der Waals surface area contributed by atoms with Crippen LogP contribution in [-0.4, -0.2) is 34.6 Å². The molecule has 1 N–H and O–H groups in total. The van der Waals surface area contributed by atoms with Gasteiger partial charge in [0.15, 0.2) is 6.61 Å². The molecule has 0 saturated carbocycles. The summed E-state index contributed by atoms with van der Waals surface area (Å²) < 4.78 is 37.5. The number of hydrogen-bond acceptors (Lipinski definition) is 6. The van der Waals surface area contributed by atoms with Crippen molar-refractivity contribution in [2.75, 3.05) is 29.9 Å². The maximum Gasteiger partial charge on any atom is 0.273 e. The molecule has 30 heavy (non-hydrogen) atoms. The fourth-order valence-electron chi connectivity index (χ4n) is 2.58. The lowest BCUT2D eigenvalue weighted by atomic mass is 10.3. The Morgan fingerprint density at radius 2 is 1.63 bits per heavy atom. The molecule has 1 amide bonds. The van der Waals surface area contributed by atoms with Gasteiger partial charge in [-0.1, -0.05) is 6.07 Å². The molecule has 1 aromatic heterocycles. The maximum absolute atomic E-state index is 12.6. The minimum absolute atomic E-state index is 0.171. The zero-order valence-electron chi connectivity index (χ0n) is 16.6. The number of benzene rings is 2. The lowest BCUT2D eigenvalue weighted by molar-refractivity contribution is -0.118. The molecule has 9 heteroatoms. The highest BCUT2D eigenvalue weighted by molar-refractivity contribution is 7.94. The van der Waals surface area contributed by atoms with E-state index in [1.54, 1.807) is 66.0 Å². The summed E-state index contributed by atoms with van der Waals surface area (Å²) in [4.78, 5) is 12.1. The first kappa shape index (κ1) is 21.7. The molecule has 0 aliphatic heterocycles. The molecule has 1 heterocycles. The van der Waals surface area contributed by atoms with Crippen molar-refractivity contribution in [3.8, 4) is 11.5 Å². The molecule has 3 rings (SSSR count). The average Bonchev–Trinajstić information content (AvgIpc) is 3.30. The normalized spacial score (nSPS) is 11.0. The summed E-state index contributed by atoms with van der Waals surface area (Å²) in [6.45, 7) is 2.31. The SMILES string of the molecule is CCOc1ccc(NC(=O)COc2ccc(N(C)S(=O)(=O)c3cccs3)cc2)cc1. The average molecular weight is 447 g/mol. The molecule has 0 aliphatic carbocycles. The van der Waals surface area contributed by atoms with Gasteiger partial charge >= 0.3 is 0 Å². The van der Waals surface area contributed by atoms with Crippen molar-refractivity contribution in [3.63, 3.8) is 0 Å². The number of ether oxygens (including phenoxy) is 2. The Labute approximate surface area is 179 Å². The number of amides is 1. The van der Waals surface area contributed by atoms with Crippen LogP contribution in [0.5, 0.6) is 11.5 Å². The minimum Gasteiger partial charge on any atom is -0.494 e. The summed E-state index contributed by atoms with van der Waals surface area (Å²) in [5.74, 6) is 0.890. The van der Waals surface area contributed by atoms with E-state index in [-0.39, 0.29) is 16.7 Å². The fraction of sp³-hybridized carbons (Fsp3) is 0.190. The molecule has 158 valence electrons. The van der Waals surface area contributed by atoms with Gasteiger partial charge in [0.05, 0.1) is 12.3 Å². The van der Waals surface area contributed by atoms with Gasteiger partial charge in [0.2, 0.25) is 0 Å². The monoisotopic (exact) mass is 446 g/mol. The third-order valence-corrected chi connectivity index (χ3v) is 7.29. The number of anilines is 2. The van der Waals surface area contributed by atoms with Crippen molar-refractivity contribution in [3.05, 3.63) is 66.0 Å². The van der Waals surface area contributed by atoms with Crippen molar-refractivity contribution in [2.24, 2.45) is 0 Å². The molecular formula is C21H22N2O5S2. The maximum atomic E-state index is 12.6. The predicted molar refractivity (Wildman–Crippen MR) is 118 cm³/mol. The van der Waals surface area contributed by atoms with Crippen LogP contribution in [0.3, 0.4) is 0 Å². The second kappa shape index (κ2) is 9.64. The molecular weight excluding hydrogens is 424 g/mol. The van der Waals surface area contributed by atoms with Crippen LogP contribution in [0.15, 0.2) is 70.3 Å². The Balaban J connectivity index is 1.54. The van der Waals surface area contributed by atoms with Crippen molar-refractivity contribution in [1.29, 1.82) is 0 Å². The van der Waals surface area contributed by atoms with Crippen LogP contribution >= 0.6 is 11.3 Å². The number of sulfonamides is 1. The standard InChI is InChI=1S/C21H22N2O5S2/c1-3-27-18-10-6-16(7-11-18)22-20(24)15-28-19-12-8-17(9-13-19)23(2)30(25,26)21-5-4-14-29-21/h4-14H,3,15H2,1-2H3,(H,22,24). The Bertz CT molecular complexity index is 1060. The van der Waals surface area contributed by atoms with Crippen molar-refractivity contribution in [1.82, 2.24) is 0 Å². The van der Waals surface area contributed by atoms with E-state index in [4.69, 9.17) is 9.47 Å². The Kier molecular flexibility index (Phi) is 6.96. The van der Waals surface area contributed by atoms with Crippen LogP contribution in [0.1, 0.15) is 6.92 Å². The Hall–Kier alpha value is -3.04. The Morgan fingerprint density at radius 1 is 1.00 bits per heavy atom. The molecule has 0 fully saturated rings. The molecule has 2 aromatic carbocycles. The quantitative estimate of drug-likeness (QED) is 0.537.